The fraction of sp³-hybridized carbons (Fsp3) is 0.273. The molecule has 4 rings (SSSR count). The molecule has 1 unspecified atom stereocenters. The maximum Gasteiger partial charge on any atom is 0.273 e. The van der Waals surface area contributed by atoms with Crippen molar-refractivity contribution in [3.63, 3.8) is 0 Å². The highest BCUT2D eigenvalue weighted by molar-refractivity contribution is 9.10. The van der Waals surface area contributed by atoms with Gasteiger partial charge in [-0.3, -0.25) is 9.89 Å². The number of hydrogen-bond acceptors (Lipinski definition) is 3. The third kappa shape index (κ3) is 2.92. The second-order valence-electron chi connectivity index (χ2n) is 7.29. The van der Waals surface area contributed by atoms with E-state index in [-0.39, 0.29) is 17.7 Å². The van der Waals surface area contributed by atoms with Gasteiger partial charge in [0.05, 0.1) is 6.04 Å². The molecule has 2 heterocycles. The van der Waals surface area contributed by atoms with E-state index in [2.05, 4.69) is 33.1 Å². The molecule has 1 atom stereocenters. The number of aryl methyl sites for hydroxylation is 2. The average Bonchev–Trinajstić information content (AvgIpc) is 3.18. The van der Waals surface area contributed by atoms with Crippen molar-refractivity contribution < 1.29 is 9.90 Å². The molecule has 5 nitrogen and oxygen atoms in total. The Hall–Kier alpha value is -2.60. The largest absolute Gasteiger partial charge is 0.507 e. The number of hydrogen-bond donors (Lipinski definition) is 2. The molecule has 6 heteroatoms. The van der Waals surface area contributed by atoms with Crippen LogP contribution in [-0.2, 0) is 0 Å². The van der Waals surface area contributed by atoms with Gasteiger partial charge in [0.15, 0.2) is 0 Å². The second kappa shape index (κ2) is 7.09. The van der Waals surface area contributed by atoms with Crippen molar-refractivity contribution in [1.82, 2.24) is 15.1 Å². The molecule has 1 amide bonds. The van der Waals surface area contributed by atoms with Crippen LogP contribution in [0.4, 0.5) is 0 Å². The Kier molecular flexibility index (Phi) is 4.75. The number of aromatic hydroxyl groups is 1. The molecule has 28 heavy (non-hydrogen) atoms. The van der Waals surface area contributed by atoms with E-state index in [1.54, 1.807) is 0 Å². The summed E-state index contributed by atoms with van der Waals surface area (Å²) in [5.74, 6) is 0.152. The van der Waals surface area contributed by atoms with Crippen LogP contribution in [0.15, 0.2) is 40.9 Å². The third-order valence-corrected chi connectivity index (χ3v) is 5.69. The standard InChI is InChI=1S/C22H22BrN3O2/c1-4-8-26-20(14-6-5-7-15(23)11-14)17-18(24-25-19(17)22(26)28)16-10-12(2)9-13(3)21(16)27/h5-7,9-11,20,27H,4,8H2,1-3H3,(H,24,25). The molecule has 0 bridgehead atoms. The molecule has 1 aliphatic heterocycles. The van der Waals surface area contributed by atoms with Crippen molar-refractivity contribution in [3.8, 4) is 17.0 Å². The molecule has 1 aromatic heterocycles. The number of carbonyl (C=O) groups is 1. The fourth-order valence-electron chi connectivity index (χ4n) is 4.04. The third-order valence-electron chi connectivity index (χ3n) is 5.19. The zero-order valence-corrected chi connectivity index (χ0v) is 17.7. The molecular formula is C22H22BrN3O2. The Bertz CT molecular complexity index is 1070. The molecular weight excluding hydrogens is 418 g/mol. The molecule has 2 N–H and O–H groups in total. The maximum atomic E-state index is 13.1. The Labute approximate surface area is 172 Å². The lowest BCUT2D eigenvalue weighted by Crippen LogP contribution is -2.30. The van der Waals surface area contributed by atoms with Crippen molar-refractivity contribution in [3.05, 3.63) is 68.8 Å². The zero-order valence-electron chi connectivity index (χ0n) is 16.1. The molecule has 0 spiro atoms. The number of nitrogens with zero attached hydrogens (tertiary/aromatic N) is 2. The van der Waals surface area contributed by atoms with E-state index in [9.17, 15) is 9.90 Å². The number of benzene rings is 2. The fourth-order valence-corrected chi connectivity index (χ4v) is 4.45. The number of H-pyrrole nitrogens is 1. The highest BCUT2D eigenvalue weighted by Gasteiger charge is 2.42. The number of amides is 1. The molecule has 144 valence electrons. The van der Waals surface area contributed by atoms with Gasteiger partial charge in [0.2, 0.25) is 0 Å². The first-order valence-electron chi connectivity index (χ1n) is 9.37. The number of halogens is 1. The average molecular weight is 440 g/mol. The maximum absolute atomic E-state index is 13.1. The summed E-state index contributed by atoms with van der Waals surface area (Å²) in [5.41, 5.74) is 5.47. The molecule has 0 saturated carbocycles. The topological polar surface area (TPSA) is 69.2 Å². The van der Waals surface area contributed by atoms with Crippen LogP contribution < -0.4 is 0 Å². The number of nitrogens with one attached hydrogen (secondary N) is 1. The van der Waals surface area contributed by atoms with E-state index in [0.29, 0.717) is 23.5 Å². The summed E-state index contributed by atoms with van der Waals surface area (Å²) in [6.45, 7) is 6.58. The number of aromatic amines is 1. The van der Waals surface area contributed by atoms with Gasteiger partial charge in [-0.25, -0.2) is 0 Å². The van der Waals surface area contributed by atoms with Crippen molar-refractivity contribution >= 4 is 21.8 Å². The summed E-state index contributed by atoms with van der Waals surface area (Å²) < 4.78 is 0.960. The quantitative estimate of drug-likeness (QED) is 0.592. The number of carbonyl (C=O) groups excluding carboxylic acids is 1. The van der Waals surface area contributed by atoms with Crippen molar-refractivity contribution in [2.75, 3.05) is 6.54 Å². The Morgan fingerprint density at radius 1 is 1.25 bits per heavy atom. The SMILES string of the molecule is CCCN1C(=O)c2[nH]nc(-c3cc(C)cc(C)c3O)c2C1c1cccc(Br)c1. The molecule has 0 fully saturated rings. The summed E-state index contributed by atoms with van der Waals surface area (Å²) in [7, 11) is 0. The van der Waals surface area contributed by atoms with Crippen LogP contribution >= 0.6 is 15.9 Å². The smallest absolute Gasteiger partial charge is 0.273 e. The second-order valence-corrected chi connectivity index (χ2v) is 8.21. The summed E-state index contributed by atoms with van der Waals surface area (Å²) in [5, 5.41) is 18.1. The predicted octanol–water partition coefficient (Wildman–Crippen LogP) is 5.12. The Morgan fingerprint density at radius 3 is 2.75 bits per heavy atom. The summed E-state index contributed by atoms with van der Waals surface area (Å²) in [4.78, 5) is 15.0. The molecule has 2 aromatic carbocycles. The molecule has 0 saturated heterocycles. The van der Waals surface area contributed by atoms with E-state index in [4.69, 9.17) is 0 Å². The van der Waals surface area contributed by atoms with E-state index in [0.717, 1.165) is 33.1 Å². The Balaban J connectivity index is 1.95. The number of rotatable bonds is 4. The zero-order chi connectivity index (χ0) is 20.0. The van der Waals surface area contributed by atoms with Gasteiger partial charge >= 0.3 is 0 Å². The normalized spacial score (nSPS) is 15.9. The highest BCUT2D eigenvalue weighted by Crippen LogP contribution is 2.45. The van der Waals surface area contributed by atoms with Crippen LogP contribution in [0.5, 0.6) is 5.75 Å². The van der Waals surface area contributed by atoms with E-state index >= 15 is 0 Å². The predicted molar refractivity (Wildman–Crippen MR) is 112 cm³/mol. The first kappa shape index (κ1) is 18.7. The molecule has 0 aliphatic carbocycles. The lowest BCUT2D eigenvalue weighted by Gasteiger charge is -2.26. The van der Waals surface area contributed by atoms with Crippen molar-refractivity contribution in [1.29, 1.82) is 0 Å². The first-order chi connectivity index (χ1) is 13.4. The van der Waals surface area contributed by atoms with Crippen LogP contribution in [0.25, 0.3) is 11.3 Å². The van der Waals surface area contributed by atoms with Gasteiger partial charge in [0, 0.05) is 22.1 Å². The van der Waals surface area contributed by atoms with Crippen LogP contribution in [0.1, 0.15) is 52.1 Å². The summed E-state index contributed by atoms with van der Waals surface area (Å²) >= 11 is 3.54. The highest BCUT2D eigenvalue weighted by atomic mass is 79.9. The molecule has 0 radical (unpaired) electrons. The summed E-state index contributed by atoms with van der Waals surface area (Å²) in [6, 6.07) is 11.6. The van der Waals surface area contributed by atoms with E-state index in [1.807, 2.05) is 55.1 Å². The number of fused-ring (bicyclic) bond motifs is 1. The summed E-state index contributed by atoms with van der Waals surface area (Å²) in [6.07, 6.45) is 0.859. The van der Waals surface area contributed by atoms with Crippen LogP contribution in [0, 0.1) is 13.8 Å². The lowest BCUT2D eigenvalue weighted by atomic mass is 9.94. The van der Waals surface area contributed by atoms with Gasteiger partial charge in [0.25, 0.3) is 5.91 Å². The van der Waals surface area contributed by atoms with Crippen molar-refractivity contribution in [2.24, 2.45) is 0 Å². The molecule has 3 aromatic rings. The monoisotopic (exact) mass is 439 g/mol. The van der Waals surface area contributed by atoms with E-state index < -0.39 is 0 Å². The minimum atomic E-state index is -0.242. The van der Waals surface area contributed by atoms with Gasteiger partial charge < -0.3 is 10.0 Å². The van der Waals surface area contributed by atoms with Crippen LogP contribution in [0.2, 0.25) is 0 Å². The molecule has 1 aliphatic rings. The first-order valence-corrected chi connectivity index (χ1v) is 10.2. The minimum absolute atomic E-state index is 0.0514. The lowest BCUT2D eigenvalue weighted by molar-refractivity contribution is 0.0744. The number of phenols is 1. The minimum Gasteiger partial charge on any atom is -0.507 e. The number of phenolic OH excluding ortho intramolecular Hbond substituents is 1. The van der Waals surface area contributed by atoms with Gasteiger partial charge in [0.1, 0.15) is 17.1 Å². The van der Waals surface area contributed by atoms with Crippen LogP contribution in [-0.4, -0.2) is 32.7 Å². The van der Waals surface area contributed by atoms with Gasteiger partial charge in [-0.2, -0.15) is 5.10 Å². The van der Waals surface area contributed by atoms with Crippen molar-refractivity contribution in [2.45, 2.75) is 33.2 Å². The number of aromatic nitrogens is 2. The van der Waals surface area contributed by atoms with E-state index in [1.165, 1.54) is 0 Å². The van der Waals surface area contributed by atoms with Gasteiger partial charge in [-0.1, -0.05) is 41.1 Å². The van der Waals surface area contributed by atoms with Gasteiger partial charge in [-0.15, -0.1) is 0 Å². The Morgan fingerprint density at radius 2 is 2.04 bits per heavy atom. The van der Waals surface area contributed by atoms with Gasteiger partial charge in [-0.05, 0) is 55.2 Å². The van der Waals surface area contributed by atoms with Crippen LogP contribution in [0.3, 0.4) is 0 Å².